The molecule has 1 aromatic rings. The predicted molar refractivity (Wildman–Crippen MR) is 78.2 cm³/mol. The molecule has 4 nitrogen and oxygen atoms in total. The van der Waals surface area contributed by atoms with Crippen molar-refractivity contribution in [2.75, 3.05) is 12.4 Å². The van der Waals surface area contributed by atoms with Crippen LogP contribution in [-0.4, -0.2) is 18.8 Å². The van der Waals surface area contributed by atoms with E-state index in [4.69, 9.17) is 4.74 Å². The molecule has 0 saturated heterocycles. The summed E-state index contributed by atoms with van der Waals surface area (Å²) in [5, 5.41) is 2.91. The van der Waals surface area contributed by atoms with Gasteiger partial charge in [-0.25, -0.2) is 0 Å². The van der Waals surface area contributed by atoms with Gasteiger partial charge in [-0.15, -0.1) is 0 Å². The lowest BCUT2D eigenvalue weighted by Gasteiger charge is -2.21. The van der Waals surface area contributed by atoms with Gasteiger partial charge < -0.3 is 10.1 Å². The van der Waals surface area contributed by atoms with Crippen LogP contribution < -0.4 is 10.1 Å². The number of ether oxygens (including phenoxy) is 1. The highest BCUT2D eigenvalue weighted by atomic mass is 16.5. The Kier molecular flexibility index (Phi) is 4.77. The molecule has 1 fully saturated rings. The minimum absolute atomic E-state index is 0.0270. The first-order valence-corrected chi connectivity index (χ1v) is 7.11. The summed E-state index contributed by atoms with van der Waals surface area (Å²) in [7, 11) is 1.55. The molecule has 20 heavy (non-hydrogen) atoms. The second-order valence-electron chi connectivity index (χ2n) is 5.30. The molecule has 1 aromatic carbocycles. The summed E-state index contributed by atoms with van der Waals surface area (Å²) in [6, 6.07) is 5.10. The van der Waals surface area contributed by atoms with Gasteiger partial charge in [0.05, 0.1) is 12.8 Å². The molecule has 4 heteroatoms. The minimum Gasteiger partial charge on any atom is -0.495 e. The molecule has 0 aliphatic heterocycles. The molecule has 0 radical (unpaired) electrons. The van der Waals surface area contributed by atoms with Crippen LogP contribution in [0, 0.1) is 5.92 Å². The molecule has 1 aliphatic carbocycles. The highest BCUT2D eigenvalue weighted by Crippen LogP contribution is 2.29. The van der Waals surface area contributed by atoms with E-state index in [1.165, 1.54) is 13.3 Å². The van der Waals surface area contributed by atoms with E-state index in [2.05, 4.69) is 5.32 Å². The number of anilines is 1. The fraction of sp³-hybridized carbons (Fsp3) is 0.500. The molecular formula is C16H21NO3. The fourth-order valence-electron chi connectivity index (χ4n) is 2.62. The van der Waals surface area contributed by atoms with Crippen LogP contribution in [0.5, 0.6) is 5.75 Å². The van der Waals surface area contributed by atoms with E-state index in [0.717, 1.165) is 25.7 Å². The SMILES string of the molecule is COc1ccc(C(C)=O)cc1NC(=O)C1CCCCC1. The lowest BCUT2D eigenvalue weighted by Crippen LogP contribution is -2.25. The Morgan fingerprint density at radius 1 is 1.20 bits per heavy atom. The van der Waals surface area contributed by atoms with Gasteiger partial charge in [0.15, 0.2) is 5.78 Å². The molecule has 0 bridgehead atoms. The van der Waals surface area contributed by atoms with Crippen LogP contribution >= 0.6 is 0 Å². The fourth-order valence-corrected chi connectivity index (χ4v) is 2.62. The van der Waals surface area contributed by atoms with Gasteiger partial charge >= 0.3 is 0 Å². The van der Waals surface area contributed by atoms with E-state index in [1.54, 1.807) is 25.3 Å². The maximum atomic E-state index is 12.3. The summed E-state index contributed by atoms with van der Waals surface area (Å²) in [6.07, 6.45) is 5.33. The molecule has 0 heterocycles. The van der Waals surface area contributed by atoms with E-state index in [-0.39, 0.29) is 17.6 Å². The summed E-state index contributed by atoms with van der Waals surface area (Å²) in [5.74, 6) is 0.665. The van der Waals surface area contributed by atoms with Gasteiger partial charge in [-0.2, -0.15) is 0 Å². The molecule has 2 rings (SSSR count). The van der Waals surface area contributed by atoms with E-state index in [0.29, 0.717) is 17.0 Å². The van der Waals surface area contributed by atoms with Crippen LogP contribution in [0.1, 0.15) is 49.4 Å². The van der Waals surface area contributed by atoms with Crippen molar-refractivity contribution < 1.29 is 14.3 Å². The Morgan fingerprint density at radius 3 is 2.50 bits per heavy atom. The van der Waals surface area contributed by atoms with Gasteiger partial charge in [0, 0.05) is 11.5 Å². The van der Waals surface area contributed by atoms with Crippen molar-refractivity contribution >= 4 is 17.4 Å². The summed E-state index contributed by atoms with van der Waals surface area (Å²) in [5.41, 5.74) is 1.15. The molecule has 1 saturated carbocycles. The van der Waals surface area contributed by atoms with Gasteiger partial charge in [0.25, 0.3) is 0 Å². The Balaban J connectivity index is 2.15. The predicted octanol–water partition coefficient (Wildman–Crippen LogP) is 3.42. The Labute approximate surface area is 119 Å². The van der Waals surface area contributed by atoms with Crippen molar-refractivity contribution in [2.45, 2.75) is 39.0 Å². The van der Waals surface area contributed by atoms with Crippen molar-refractivity contribution in [1.29, 1.82) is 0 Å². The average Bonchev–Trinajstić information content (AvgIpc) is 2.48. The summed E-state index contributed by atoms with van der Waals surface area (Å²) >= 11 is 0. The van der Waals surface area contributed by atoms with Gasteiger partial charge in [0.1, 0.15) is 5.75 Å². The quantitative estimate of drug-likeness (QED) is 0.857. The maximum Gasteiger partial charge on any atom is 0.227 e. The van der Waals surface area contributed by atoms with Crippen LogP contribution in [0.2, 0.25) is 0 Å². The number of hydrogen-bond donors (Lipinski definition) is 1. The number of nitrogens with one attached hydrogen (secondary N) is 1. The zero-order valence-electron chi connectivity index (χ0n) is 12.1. The Morgan fingerprint density at radius 2 is 1.90 bits per heavy atom. The molecular weight excluding hydrogens is 254 g/mol. The van der Waals surface area contributed by atoms with E-state index >= 15 is 0 Å². The van der Waals surface area contributed by atoms with Crippen LogP contribution in [0.4, 0.5) is 5.69 Å². The first-order chi connectivity index (χ1) is 9.61. The second-order valence-corrected chi connectivity index (χ2v) is 5.30. The molecule has 1 N–H and O–H groups in total. The standard InChI is InChI=1S/C16H21NO3/c1-11(18)13-8-9-15(20-2)14(10-13)17-16(19)12-6-4-3-5-7-12/h8-10,12H,3-7H2,1-2H3,(H,17,19). The van der Waals surface area contributed by atoms with Crippen molar-refractivity contribution in [3.05, 3.63) is 23.8 Å². The number of ketones is 1. The number of carbonyl (C=O) groups is 2. The number of methoxy groups -OCH3 is 1. The van der Waals surface area contributed by atoms with Crippen molar-refractivity contribution in [3.63, 3.8) is 0 Å². The smallest absolute Gasteiger partial charge is 0.227 e. The lowest BCUT2D eigenvalue weighted by atomic mass is 9.88. The van der Waals surface area contributed by atoms with Gasteiger partial charge in [-0.1, -0.05) is 19.3 Å². The lowest BCUT2D eigenvalue weighted by molar-refractivity contribution is -0.120. The Bertz CT molecular complexity index is 504. The van der Waals surface area contributed by atoms with Gasteiger partial charge in [-0.3, -0.25) is 9.59 Å². The number of carbonyl (C=O) groups excluding carboxylic acids is 2. The van der Waals surface area contributed by atoms with E-state index < -0.39 is 0 Å². The number of rotatable bonds is 4. The summed E-state index contributed by atoms with van der Waals surface area (Å²) in [4.78, 5) is 23.7. The third kappa shape index (κ3) is 3.38. The normalized spacial score (nSPS) is 15.7. The average molecular weight is 275 g/mol. The third-order valence-electron chi connectivity index (χ3n) is 3.84. The highest BCUT2D eigenvalue weighted by molar-refractivity contribution is 5.98. The minimum atomic E-state index is -0.0270. The van der Waals surface area contributed by atoms with Gasteiger partial charge in [0.2, 0.25) is 5.91 Å². The number of amides is 1. The van der Waals surface area contributed by atoms with Crippen LogP contribution in [0.15, 0.2) is 18.2 Å². The molecule has 0 spiro atoms. The highest BCUT2D eigenvalue weighted by Gasteiger charge is 2.22. The largest absolute Gasteiger partial charge is 0.495 e. The maximum absolute atomic E-state index is 12.3. The van der Waals surface area contributed by atoms with Gasteiger partial charge in [-0.05, 0) is 38.0 Å². The molecule has 0 unspecified atom stereocenters. The molecule has 108 valence electrons. The first kappa shape index (κ1) is 14.6. The Hall–Kier alpha value is -1.84. The monoisotopic (exact) mass is 275 g/mol. The number of hydrogen-bond acceptors (Lipinski definition) is 3. The van der Waals surface area contributed by atoms with Crippen LogP contribution in [0.3, 0.4) is 0 Å². The molecule has 1 amide bonds. The topological polar surface area (TPSA) is 55.4 Å². The van der Waals surface area contributed by atoms with Crippen molar-refractivity contribution in [2.24, 2.45) is 5.92 Å². The van der Waals surface area contributed by atoms with Crippen molar-refractivity contribution in [1.82, 2.24) is 0 Å². The number of Topliss-reactive ketones (excluding diaryl/α,β-unsaturated/α-hetero) is 1. The molecule has 0 aromatic heterocycles. The zero-order valence-corrected chi connectivity index (χ0v) is 12.1. The van der Waals surface area contributed by atoms with E-state index in [1.807, 2.05) is 0 Å². The molecule has 1 aliphatic rings. The summed E-state index contributed by atoms with van der Waals surface area (Å²) < 4.78 is 5.24. The van der Waals surface area contributed by atoms with Crippen LogP contribution in [0.25, 0.3) is 0 Å². The number of benzene rings is 1. The third-order valence-corrected chi connectivity index (χ3v) is 3.84. The van der Waals surface area contributed by atoms with Crippen LogP contribution in [-0.2, 0) is 4.79 Å². The molecule has 0 atom stereocenters. The summed E-state index contributed by atoms with van der Waals surface area (Å²) in [6.45, 7) is 1.51. The zero-order chi connectivity index (χ0) is 14.5. The second kappa shape index (κ2) is 6.55. The van der Waals surface area contributed by atoms with E-state index in [9.17, 15) is 9.59 Å². The first-order valence-electron chi connectivity index (χ1n) is 7.11. The van der Waals surface area contributed by atoms with Crippen molar-refractivity contribution in [3.8, 4) is 5.75 Å².